The van der Waals surface area contributed by atoms with E-state index in [9.17, 15) is 4.39 Å². The molecule has 0 amide bonds. The van der Waals surface area contributed by atoms with Crippen LogP contribution in [0.4, 0.5) is 10.1 Å². The molecule has 0 saturated heterocycles. The van der Waals surface area contributed by atoms with Gasteiger partial charge in [-0.3, -0.25) is 0 Å². The summed E-state index contributed by atoms with van der Waals surface area (Å²) in [5.41, 5.74) is 10.6. The number of anilines is 1. The van der Waals surface area contributed by atoms with Gasteiger partial charge in [-0.15, -0.1) is 0 Å². The summed E-state index contributed by atoms with van der Waals surface area (Å²) in [6, 6.07) is 2.21. The standard InChI is InChI=1S/C7H7ClFN3O/c8-4-2-5(9)6(10)1-3(4)7(11)12-13/h1-2,13H,10H2,(H2,11,12). The number of hydrogen-bond donors (Lipinski definition) is 3. The minimum Gasteiger partial charge on any atom is -0.409 e. The Bertz CT molecular complexity index is 367. The van der Waals surface area contributed by atoms with E-state index in [2.05, 4.69) is 5.16 Å². The second kappa shape index (κ2) is 3.49. The SMILES string of the molecule is NC(=NO)c1cc(N)c(F)cc1Cl. The van der Waals surface area contributed by atoms with Gasteiger partial charge in [0.1, 0.15) is 5.82 Å². The minimum atomic E-state index is -0.639. The van der Waals surface area contributed by atoms with Crippen LogP contribution in [0.5, 0.6) is 0 Å². The van der Waals surface area contributed by atoms with E-state index >= 15 is 0 Å². The Morgan fingerprint density at radius 2 is 2.15 bits per heavy atom. The smallest absolute Gasteiger partial charge is 0.171 e. The maximum Gasteiger partial charge on any atom is 0.171 e. The number of amidine groups is 1. The molecule has 1 aromatic rings. The lowest BCUT2D eigenvalue weighted by Gasteiger charge is -2.03. The molecule has 0 aliphatic carbocycles. The minimum absolute atomic E-state index is 0.0435. The Balaban J connectivity index is 3.32. The highest BCUT2D eigenvalue weighted by Gasteiger charge is 2.09. The van der Waals surface area contributed by atoms with Gasteiger partial charge in [0.2, 0.25) is 0 Å². The van der Waals surface area contributed by atoms with Crippen molar-refractivity contribution >= 4 is 23.1 Å². The van der Waals surface area contributed by atoms with Crippen LogP contribution in [-0.2, 0) is 0 Å². The molecule has 0 radical (unpaired) electrons. The van der Waals surface area contributed by atoms with E-state index in [-0.39, 0.29) is 22.1 Å². The number of nitrogens with zero attached hydrogens (tertiary/aromatic N) is 1. The lowest BCUT2D eigenvalue weighted by Crippen LogP contribution is -2.14. The number of nitrogen functional groups attached to an aromatic ring is 1. The summed E-state index contributed by atoms with van der Waals surface area (Å²) >= 11 is 5.61. The average molecular weight is 204 g/mol. The number of rotatable bonds is 1. The Morgan fingerprint density at radius 1 is 1.54 bits per heavy atom. The molecule has 1 aromatic carbocycles. The Labute approximate surface area is 78.6 Å². The number of nitrogens with two attached hydrogens (primary N) is 2. The van der Waals surface area contributed by atoms with Crippen LogP contribution >= 0.6 is 11.6 Å². The van der Waals surface area contributed by atoms with E-state index in [1.54, 1.807) is 0 Å². The second-order valence-corrected chi connectivity index (χ2v) is 2.75. The van der Waals surface area contributed by atoms with Gasteiger partial charge < -0.3 is 16.7 Å². The summed E-state index contributed by atoms with van der Waals surface area (Å²) < 4.78 is 12.8. The van der Waals surface area contributed by atoms with Crippen LogP contribution in [0, 0.1) is 5.82 Å². The molecule has 5 N–H and O–H groups in total. The zero-order valence-corrected chi connectivity index (χ0v) is 7.22. The van der Waals surface area contributed by atoms with Crippen LogP contribution in [0.3, 0.4) is 0 Å². The van der Waals surface area contributed by atoms with E-state index in [1.807, 2.05) is 0 Å². The summed E-state index contributed by atoms with van der Waals surface area (Å²) in [5, 5.41) is 11.1. The first-order valence-corrected chi connectivity index (χ1v) is 3.66. The molecule has 0 aromatic heterocycles. The fraction of sp³-hybridized carbons (Fsp3) is 0. The first kappa shape index (κ1) is 9.60. The monoisotopic (exact) mass is 203 g/mol. The van der Waals surface area contributed by atoms with Gasteiger partial charge in [0.15, 0.2) is 5.84 Å². The summed E-state index contributed by atoms with van der Waals surface area (Å²) in [6.45, 7) is 0. The Morgan fingerprint density at radius 3 is 2.69 bits per heavy atom. The molecule has 0 unspecified atom stereocenters. The fourth-order valence-electron chi connectivity index (χ4n) is 0.816. The van der Waals surface area contributed by atoms with Crippen molar-refractivity contribution in [1.82, 2.24) is 0 Å². The van der Waals surface area contributed by atoms with E-state index < -0.39 is 5.82 Å². The molecule has 0 fully saturated rings. The van der Waals surface area contributed by atoms with Crippen LogP contribution in [0.25, 0.3) is 0 Å². The van der Waals surface area contributed by atoms with Crippen molar-refractivity contribution in [3.63, 3.8) is 0 Å². The number of hydrogen-bond acceptors (Lipinski definition) is 3. The van der Waals surface area contributed by atoms with Gasteiger partial charge in [-0.1, -0.05) is 16.8 Å². The molecule has 1 rings (SSSR count). The molecule has 6 heteroatoms. The van der Waals surface area contributed by atoms with Crippen LogP contribution in [0.2, 0.25) is 5.02 Å². The predicted molar refractivity (Wildman–Crippen MR) is 48.3 cm³/mol. The van der Waals surface area contributed by atoms with Crippen molar-refractivity contribution in [2.45, 2.75) is 0 Å². The number of benzene rings is 1. The lowest BCUT2D eigenvalue weighted by molar-refractivity contribution is 0.318. The average Bonchev–Trinajstić information content (AvgIpc) is 2.10. The number of halogens is 2. The molecule has 0 bridgehead atoms. The molecule has 0 heterocycles. The van der Waals surface area contributed by atoms with Crippen molar-refractivity contribution in [2.75, 3.05) is 5.73 Å². The van der Waals surface area contributed by atoms with Crippen LogP contribution < -0.4 is 11.5 Å². The fourth-order valence-corrected chi connectivity index (χ4v) is 1.06. The first-order chi connectivity index (χ1) is 6.06. The van der Waals surface area contributed by atoms with Crippen LogP contribution in [-0.4, -0.2) is 11.0 Å². The third-order valence-corrected chi connectivity index (χ3v) is 1.78. The van der Waals surface area contributed by atoms with Gasteiger partial charge in [0, 0.05) is 5.56 Å². The van der Waals surface area contributed by atoms with Gasteiger partial charge in [-0.25, -0.2) is 4.39 Å². The van der Waals surface area contributed by atoms with Gasteiger partial charge in [-0.2, -0.15) is 0 Å². The van der Waals surface area contributed by atoms with Gasteiger partial charge >= 0.3 is 0 Å². The van der Waals surface area contributed by atoms with Gasteiger partial charge in [0.05, 0.1) is 10.7 Å². The molecule has 0 saturated carbocycles. The van der Waals surface area contributed by atoms with Gasteiger partial charge in [-0.05, 0) is 12.1 Å². The highest BCUT2D eigenvalue weighted by molar-refractivity contribution is 6.34. The Hall–Kier alpha value is -1.49. The molecule has 0 aliphatic rings. The predicted octanol–water partition coefficient (Wildman–Crippen LogP) is 1.16. The third kappa shape index (κ3) is 1.81. The highest BCUT2D eigenvalue weighted by Crippen LogP contribution is 2.21. The third-order valence-electron chi connectivity index (χ3n) is 1.47. The summed E-state index contributed by atoms with van der Waals surface area (Å²) in [6.07, 6.45) is 0. The largest absolute Gasteiger partial charge is 0.409 e. The van der Waals surface area contributed by atoms with Crippen molar-refractivity contribution in [3.8, 4) is 0 Å². The van der Waals surface area contributed by atoms with Crippen molar-refractivity contribution < 1.29 is 9.60 Å². The first-order valence-electron chi connectivity index (χ1n) is 3.28. The summed E-state index contributed by atoms with van der Waals surface area (Å²) in [5.74, 6) is -0.851. The van der Waals surface area contributed by atoms with Crippen LogP contribution in [0.15, 0.2) is 17.3 Å². The molecule has 13 heavy (non-hydrogen) atoms. The summed E-state index contributed by atoms with van der Waals surface area (Å²) in [4.78, 5) is 0. The zero-order chi connectivity index (χ0) is 10.0. The zero-order valence-electron chi connectivity index (χ0n) is 6.46. The van der Waals surface area contributed by atoms with Crippen molar-refractivity contribution in [2.24, 2.45) is 10.9 Å². The normalized spacial score (nSPS) is 11.7. The molecule has 0 atom stereocenters. The molecule has 70 valence electrons. The van der Waals surface area contributed by atoms with E-state index in [0.29, 0.717) is 0 Å². The maximum absolute atomic E-state index is 12.8. The molecular formula is C7H7ClFN3O. The van der Waals surface area contributed by atoms with Crippen molar-refractivity contribution in [1.29, 1.82) is 0 Å². The lowest BCUT2D eigenvalue weighted by atomic mass is 10.2. The van der Waals surface area contributed by atoms with E-state index in [4.69, 9.17) is 28.3 Å². The van der Waals surface area contributed by atoms with Gasteiger partial charge in [0.25, 0.3) is 0 Å². The quantitative estimate of drug-likeness (QED) is 0.211. The number of oxime groups is 1. The maximum atomic E-state index is 12.8. The topological polar surface area (TPSA) is 84.6 Å². The molecule has 4 nitrogen and oxygen atoms in total. The van der Waals surface area contributed by atoms with E-state index in [1.165, 1.54) is 6.07 Å². The Kier molecular flexibility index (Phi) is 2.57. The van der Waals surface area contributed by atoms with Crippen LogP contribution in [0.1, 0.15) is 5.56 Å². The molecule has 0 spiro atoms. The summed E-state index contributed by atoms with van der Waals surface area (Å²) in [7, 11) is 0. The molecular weight excluding hydrogens is 197 g/mol. The van der Waals surface area contributed by atoms with Crippen molar-refractivity contribution in [3.05, 3.63) is 28.5 Å². The van der Waals surface area contributed by atoms with E-state index in [0.717, 1.165) is 6.07 Å². The second-order valence-electron chi connectivity index (χ2n) is 2.34. The highest BCUT2D eigenvalue weighted by atomic mass is 35.5. The molecule has 0 aliphatic heterocycles.